The number of hydrogen-bond donors (Lipinski definition) is 1. The Morgan fingerprint density at radius 2 is 1.93 bits per heavy atom. The molecule has 1 aliphatic heterocycles. The summed E-state index contributed by atoms with van der Waals surface area (Å²) >= 11 is 0. The fraction of sp³-hybridized carbons (Fsp3) is 0.409. The van der Waals surface area contributed by atoms with E-state index in [0.29, 0.717) is 13.1 Å². The largest absolute Gasteiger partial charge is 0.497 e. The molecule has 1 unspecified atom stereocenters. The van der Waals surface area contributed by atoms with Crippen molar-refractivity contribution in [2.45, 2.75) is 32.0 Å². The van der Waals surface area contributed by atoms with Crippen LogP contribution in [0.15, 0.2) is 54.6 Å². The summed E-state index contributed by atoms with van der Waals surface area (Å²) in [6.07, 6.45) is 2.40. The molecule has 2 aromatic rings. The van der Waals surface area contributed by atoms with Gasteiger partial charge in [0.25, 0.3) is 0 Å². The van der Waals surface area contributed by atoms with E-state index in [9.17, 15) is 4.79 Å². The van der Waals surface area contributed by atoms with Gasteiger partial charge in [-0.1, -0.05) is 42.5 Å². The van der Waals surface area contributed by atoms with Crippen LogP contribution in [0.2, 0.25) is 0 Å². The monoisotopic (exact) mass is 368 g/mol. The van der Waals surface area contributed by atoms with Gasteiger partial charge >= 0.3 is 0 Å². The molecule has 2 aromatic carbocycles. The van der Waals surface area contributed by atoms with E-state index in [4.69, 9.17) is 9.47 Å². The van der Waals surface area contributed by atoms with Crippen molar-refractivity contribution in [1.82, 2.24) is 10.2 Å². The van der Waals surface area contributed by atoms with Crippen LogP contribution in [0.4, 0.5) is 0 Å². The van der Waals surface area contributed by atoms with Gasteiger partial charge in [-0.15, -0.1) is 0 Å². The Bertz CT molecular complexity index is 697. The summed E-state index contributed by atoms with van der Waals surface area (Å²) in [5.74, 6) is 0.843. The van der Waals surface area contributed by atoms with Crippen molar-refractivity contribution in [2.75, 3.05) is 26.8 Å². The van der Waals surface area contributed by atoms with Gasteiger partial charge in [0.1, 0.15) is 5.75 Å². The first-order valence-corrected chi connectivity index (χ1v) is 9.50. The minimum absolute atomic E-state index is 0.0275. The van der Waals surface area contributed by atoms with Crippen molar-refractivity contribution in [2.24, 2.45) is 0 Å². The van der Waals surface area contributed by atoms with E-state index in [1.54, 1.807) is 7.11 Å². The second-order valence-electron chi connectivity index (χ2n) is 6.92. The van der Waals surface area contributed by atoms with Crippen LogP contribution in [-0.2, 0) is 22.6 Å². The van der Waals surface area contributed by atoms with Gasteiger partial charge in [0.15, 0.2) is 0 Å². The number of benzene rings is 2. The first-order valence-electron chi connectivity index (χ1n) is 9.50. The molecule has 1 heterocycles. The van der Waals surface area contributed by atoms with Crippen LogP contribution in [-0.4, -0.2) is 43.7 Å². The van der Waals surface area contributed by atoms with E-state index in [-0.39, 0.29) is 12.0 Å². The molecule has 1 atom stereocenters. The number of nitrogens with one attached hydrogen (secondary N) is 1. The van der Waals surface area contributed by atoms with Crippen molar-refractivity contribution >= 4 is 5.91 Å². The van der Waals surface area contributed by atoms with Gasteiger partial charge in [-0.25, -0.2) is 0 Å². The summed E-state index contributed by atoms with van der Waals surface area (Å²) in [7, 11) is 1.65. The molecule has 1 N–H and O–H groups in total. The highest BCUT2D eigenvalue weighted by Crippen LogP contribution is 2.15. The highest BCUT2D eigenvalue weighted by Gasteiger charge is 2.21. The molecular formula is C22H28N2O3. The van der Waals surface area contributed by atoms with Gasteiger partial charge in [0.05, 0.1) is 19.8 Å². The molecule has 144 valence electrons. The zero-order chi connectivity index (χ0) is 18.9. The second-order valence-corrected chi connectivity index (χ2v) is 6.92. The van der Waals surface area contributed by atoms with E-state index >= 15 is 0 Å². The van der Waals surface area contributed by atoms with Crippen molar-refractivity contribution in [3.63, 3.8) is 0 Å². The lowest BCUT2D eigenvalue weighted by atomic mass is 10.2. The van der Waals surface area contributed by atoms with Crippen molar-refractivity contribution < 1.29 is 14.3 Å². The number of nitrogens with zero attached hydrogens (tertiary/aromatic N) is 1. The molecule has 0 saturated carbocycles. The lowest BCUT2D eigenvalue weighted by molar-refractivity contribution is -0.122. The number of amides is 1. The quantitative estimate of drug-likeness (QED) is 0.739. The van der Waals surface area contributed by atoms with Crippen LogP contribution in [0.5, 0.6) is 5.75 Å². The maximum absolute atomic E-state index is 12.5. The first-order chi connectivity index (χ1) is 13.2. The van der Waals surface area contributed by atoms with E-state index < -0.39 is 0 Å². The number of hydrogen-bond acceptors (Lipinski definition) is 4. The minimum atomic E-state index is 0.0275. The van der Waals surface area contributed by atoms with Gasteiger partial charge < -0.3 is 14.8 Å². The number of methoxy groups -OCH3 is 1. The normalized spacial score (nSPS) is 16.4. The zero-order valence-electron chi connectivity index (χ0n) is 15.9. The fourth-order valence-corrected chi connectivity index (χ4v) is 3.31. The van der Waals surface area contributed by atoms with Crippen LogP contribution in [0, 0.1) is 0 Å². The lowest BCUT2D eigenvalue weighted by Crippen LogP contribution is -2.40. The third kappa shape index (κ3) is 6.38. The number of rotatable bonds is 9. The molecule has 1 saturated heterocycles. The van der Waals surface area contributed by atoms with Gasteiger partial charge in [-0.2, -0.15) is 0 Å². The zero-order valence-corrected chi connectivity index (χ0v) is 15.9. The summed E-state index contributed by atoms with van der Waals surface area (Å²) in [6, 6.07) is 18.0. The highest BCUT2D eigenvalue weighted by molar-refractivity contribution is 5.78. The van der Waals surface area contributed by atoms with Gasteiger partial charge in [0, 0.05) is 26.2 Å². The Morgan fingerprint density at radius 1 is 1.15 bits per heavy atom. The SMILES string of the molecule is COc1ccc(CNC(=O)CN(Cc2ccccc2)CC2CCCO2)cc1. The van der Waals surface area contributed by atoms with Crippen LogP contribution in [0.3, 0.4) is 0 Å². The molecule has 0 aliphatic carbocycles. The molecule has 1 fully saturated rings. The second kappa shape index (κ2) is 10.1. The average molecular weight is 368 g/mol. The molecule has 27 heavy (non-hydrogen) atoms. The van der Waals surface area contributed by atoms with Gasteiger partial charge in [0.2, 0.25) is 5.91 Å². The Kier molecular flexibility index (Phi) is 7.25. The molecule has 0 aromatic heterocycles. The third-order valence-electron chi connectivity index (χ3n) is 4.75. The summed E-state index contributed by atoms with van der Waals surface area (Å²) in [4.78, 5) is 14.7. The Balaban J connectivity index is 1.53. The van der Waals surface area contributed by atoms with E-state index in [0.717, 1.165) is 43.9 Å². The van der Waals surface area contributed by atoms with Crippen molar-refractivity contribution in [3.05, 3.63) is 65.7 Å². The summed E-state index contributed by atoms with van der Waals surface area (Å²) in [5, 5.41) is 3.02. The molecule has 0 bridgehead atoms. The third-order valence-corrected chi connectivity index (χ3v) is 4.75. The van der Waals surface area contributed by atoms with E-state index in [2.05, 4.69) is 22.3 Å². The topological polar surface area (TPSA) is 50.8 Å². The molecule has 5 heteroatoms. The summed E-state index contributed by atoms with van der Waals surface area (Å²) in [5.41, 5.74) is 2.26. The predicted molar refractivity (Wildman–Crippen MR) is 106 cm³/mol. The average Bonchev–Trinajstić information content (AvgIpc) is 3.20. The van der Waals surface area contributed by atoms with Gasteiger partial charge in [-0.3, -0.25) is 9.69 Å². The number of carbonyl (C=O) groups is 1. The predicted octanol–water partition coefficient (Wildman–Crippen LogP) is 2.99. The van der Waals surface area contributed by atoms with Crippen LogP contribution in [0.25, 0.3) is 0 Å². The molecule has 0 radical (unpaired) electrons. The highest BCUT2D eigenvalue weighted by atomic mass is 16.5. The Hall–Kier alpha value is -2.37. The smallest absolute Gasteiger partial charge is 0.234 e. The summed E-state index contributed by atoms with van der Waals surface area (Å²) in [6.45, 7) is 3.24. The van der Waals surface area contributed by atoms with Crippen LogP contribution in [0.1, 0.15) is 24.0 Å². The molecule has 1 aliphatic rings. The van der Waals surface area contributed by atoms with Crippen LogP contribution >= 0.6 is 0 Å². The molecule has 3 rings (SSSR count). The van der Waals surface area contributed by atoms with E-state index in [1.165, 1.54) is 5.56 Å². The van der Waals surface area contributed by atoms with Crippen LogP contribution < -0.4 is 10.1 Å². The minimum Gasteiger partial charge on any atom is -0.497 e. The maximum atomic E-state index is 12.5. The molecule has 0 spiro atoms. The molecular weight excluding hydrogens is 340 g/mol. The fourth-order valence-electron chi connectivity index (χ4n) is 3.31. The Morgan fingerprint density at radius 3 is 2.59 bits per heavy atom. The van der Waals surface area contributed by atoms with Crippen molar-refractivity contribution in [1.29, 1.82) is 0 Å². The molecule has 5 nitrogen and oxygen atoms in total. The first kappa shape index (κ1) is 19.4. The maximum Gasteiger partial charge on any atom is 0.234 e. The van der Waals surface area contributed by atoms with Gasteiger partial charge in [-0.05, 0) is 36.1 Å². The lowest BCUT2D eigenvalue weighted by Gasteiger charge is -2.24. The summed E-state index contributed by atoms with van der Waals surface area (Å²) < 4.78 is 10.9. The number of ether oxygens (including phenoxy) is 2. The molecule has 1 amide bonds. The standard InChI is InChI=1S/C22H28N2O3/c1-26-20-11-9-18(10-12-20)14-23-22(25)17-24(16-21-8-5-13-27-21)15-19-6-3-2-4-7-19/h2-4,6-7,9-12,21H,5,8,13-17H2,1H3,(H,23,25). The van der Waals surface area contributed by atoms with E-state index in [1.807, 2.05) is 42.5 Å². The number of carbonyl (C=O) groups excluding carboxylic acids is 1. The van der Waals surface area contributed by atoms with Crippen molar-refractivity contribution in [3.8, 4) is 5.75 Å². The Labute approximate surface area is 161 Å².